The molecule has 0 fully saturated rings. The molecule has 1 aromatic carbocycles. The number of rotatable bonds is 9. The largest absolute Gasteiger partial charge is 0.460 e. The summed E-state index contributed by atoms with van der Waals surface area (Å²) in [6, 6.07) is 13.7. The van der Waals surface area contributed by atoms with Gasteiger partial charge in [-0.2, -0.15) is 0 Å². The third-order valence-electron chi connectivity index (χ3n) is 5.11. The number of hydrogen-bond donors (Lipinski definition) is 2. The number of hydrogen-bond acceptors (Lipinski definition) is 5. The lowest BCUT2D eigenvalue weighted by Gasteiger charge is -2.22. The number of ether oxygens (including phenoxy) is 1. The van der Waals surface area contributed by atoms with E-state index in [4.69, 9.17) is 4.74 Å². The molecule has 0 radical (unpaired) electrons. The molecule has 0 spiro atoms. The number of aromatic nitrogens is 1. The normalized spacial score (nSPS) is 15.1. The van der Waals surface area contributed by atoms with Gasteiger partial charge < -0.3 is 15.4 Å². The van der Waals surface area contributed by atoms with Crippen molar-refractivity contribution in [3.05, 3.63) is 77.5 Å². The molecule has 1 amide bonds. The Kier molecular flexibility index (Phi) is 8.41. The number of nitrogens with zero attached hydrogens (tertiary/aromatic N) is 1. The second-order valence-electron chi connectivity index (χ2n) is 9.12. The van der Waals surface area contributed by atoms with E-state index in [9.17, 15) is 9.59 Å². The van der Waals surface area contributed by atoms with Crippen molar-refractivity contribution in [2.24, 2.45) is 0 Å². The predicted octanol–water partition coefficient (Wildman–Crippen LogP) is 4.86. The number of amides is 1. The molecule has 1 atom stereocenters. The Bertz CT molecular complexity index is 1010. The third kappa shape index (κ3) is 8.22. The van der Waals surface area contributed by atoms with Crippen molar-refractivity contribution in [1.29, 1.82) is 0 Å². The van der Waals surface area contributed by atoms with Gasteiger partial charge in [0.15, 0.2) is 0 Å². The molecule has 0 bridgehead atoms. The summed E-state index contributed by atoms with van der Waals surface area (Å²) in [4.78, 5) is 29.3. The van der Waals surface area contributed by atoms with E-state index in [1.165, 1.54) is 0 Å². The number of benzene rings is 1. The number of carbonyl (C=O) groups excluding carboxylic acids is 2. The summed E-state index contributed by atoms with van der Waals surface area (Å²) < 4.78 is 5.54. The van der Waals surface area contributed by atoms with Gasteiger partial charge in [0, 0.05) is 25.2 Å². The van der Waals surface area contributed by atoms with Crippen LogP contribution in [-0.2, 0) is 14.3 Å². The number of pyridine rings is 1. The van der Waals surface area contributed by atoms with E-state index in [2.05, 4.69) is 15.6 Å². The molecule has 1 aliphatic rings. The van der Waals surface area contributed by atoms with Gasteiger partial charge in [-0.3, -0.25) is 9.59 Å². The van der Waals surface area contributed by atoms with E-state index < -0.39 is 5.60 Å². The first-order valence-electron chi connectivity index (χ1n) is 11.4. The molecule has 33 heavy (non-hydrogen) atoms. The molecule has 2 aromatic rings. The van der Waals surface area contributed by atoms with Crippen LogP contribution in [0.25, 0.3) is 6.08 Å². The van der Waals surface area contributed by atoms with Gasteiger partial charge in [0.25, 0.3) is 0 Å². The van der Waals surface area contributed by atoms with Crippen LogP contribution >= 0.6 is 0 Å². The minimum absolute atomic E-state index is 0.0364. The lowest BCUT2D eigenvalue weighted by molar-refractivity contribution is -0.155. The number of esters is 1. The van der Waals surface area contributed by atoms with Gasteiger partial charge >= 0.3 is 5.97 Å². The molecule has 1 aliphatic carbocycles. The summed E-state index contributed by atoms with van der Waals surface area (Å²) in [6.07, 6.45) is 9.05. The fourth-order valence-electron chi connectivity index (χ4n) is 3.70. The van der Waals surface area contributed by atoms with E-state index >= 15 is 0 Å². The zero-order valence-corrected chi connectivity index (χ0v) is 19.6. The SMILES string of the molecule is CC(C)(C)OC(=O)CC1C=C(CC(=O)NCCCNc2ccccn2)C=Cc2ccccc21. The summed E-state index contributed by atoms with van der Waals surface area (Å²) in [6.45, 7) is 6.91. The number of nitrogens with one attached hydrogen (secondary N) is 2. The minimum Gasteiger partial charge on any atom is -0.460 e. The fourth-order valence-corrected chi connectivity index (χ4v) is 3.70. The van der Waals surface area contributed by atoms with Crippen molar-refractivity contribution in [3.63, 3.8) is 0 Å². The van der Waals surface area contributed by atoms with Crippen molar-refractivity contribution in [3.8, 4) is 0 Å². The standard InChI is InChI=1S/C27H33N3O3/c1-27(2,3)33-26(32)19-22-17-20(12-13-21-9-4-5-10-23(21)22)18-25(31)30-16-8-15-29-24-11-6-7-14-28-24/h4-7,9-14,17,22H,8,15-16,18-19H2,1-3H3,(H,28,29)(H,30,31). The van der Waals surface area contributed by atoms with Gasteiger partial charge in [0.2, 0.25) is 5.91 Å². The zero-order chi connectivity index (χ0) is 23.7. The Morgan fingerprint density at radius 2 is 1.82 bits per heavy atom. The van der Waals surface area contributed by atoms with E-state index in [1.54, 1.807) is 6.20 Å². The minimum atomic E-state index is -0.530. The molecule has 6 nitrogen and oxygen atoms in total. The fraction of sp³-hybridized carbons (Fsp3) is 0.370. The Labute approximate surface area is 196 Å². The van der Waals surface area contributed by atoms with Crippen LogP contribution in [0, 0.1) is 0 Å². The Balaban J connectivity index is 1.56. The van der Waals surface area contributed by atoms with Crippen molar-refractivity contribution < 1.29 is 14.3 Å². The molecule has 2 N–H and O–H groups in total. The summed E-state index contributed by atoms with van der Waals surface area (Å²) in [5.74, 6) is 0.403. The van der Waals surface area contributed by atoms with Crippen LogP contribution in [0.3, 0.4) is 0 Å². The first-order chi connectivity index (χ1) is 15.8. The topological polar surface area (TPSA) is 80.3 Å². The monoisotopic (exact) mass is 447 g/mol. The first-order valence-corrected chi connectivity index (χ1v) is 11.4. The maximum Gasteiger partial charge on any atom is 0.307 e. The second-order valence-corrected chi connectivity index (χ2v) is 9.12. The van der Waals surface area contributed by atoms with E-state index in [0.717, 1.165) is 35.5 Å². The molecule has 3 rings (SSSR count). The Morgan fingerprint density at radius 1 is 1.03 bits per heavy atom. The summed E-state index contributed by atoms with van der Waals surface area (Å²) >= 11 is 0. The molecule has 1 unspecified atom stereocenters. The molecular formula is C27H33N3O3. The number of fused-ring (bicyclic) bond motifs is 1. The second kappa shape index (κ2) is 11.5. The van der Waals surface area contributed by atoms with Crippen LogP contribution in [0.4, 0.5) is 5.82 Å². The first kappa shape index (κ1) is 24.2. The molecule has 0 saturated heterocycles. The summed E-state index contributed by atoms with van der Waals surface area (Å²) in [5, 5.41) is 6.21. The lowest BCUT2D eigenvalue weighted by atomic mass is 9.91. The Morgan fingerprint density at radius 3 is 2.58 bits per heavy atom. The van der Waals surface area contributed by atoms with Crippen molar-refractivity contribution in [2.45, 2.75) is 51.6 Å². The predicted molar refractivity (Wildman–Crippen MR) is 132 cm³/mol. The smallest absolute Gasteiger partial charge is 0.307 e. The van der Waals surface area contributed by atoms with Crippen molar-refractivity contribution >= 4 is 23.8 Å². The summed E-state index contributed by atoms with van der Waals surface area (Å²) in [5.41, 5.74) is 2.48. The van der Waals surface area contributed by atoms with Crippen LogP contribution in [0.5, 0.6) is 0 Å². The molecular weight excluding hydrogens is 414 g/mol. The molecule has 6 heteroatoms. The average Bonchev–Trinajstić information content (AvgIpc) is 2.92. The summed E-state index contributed by atoms with van der Waals surface area (Å²) in [7, 11) is 0. The number of carbonyl (C=O) groups is 2. The van der Waals surface area contributed by atoms with Gasteiger partial charge in [-0.25, -0.2) is 4.98 Å². The van der Waals surface area contributed by atoms with Gasteiger partial charge in [-0.05, 0) is 56.0 Å². The van der Waals surface area contributed by atoms with Crippen molar-refractivity contribution in [2.75, 3.05) is 18.4 Å². The van der Waals surface area contributed by atoms with Crippen LogP contribution in [0.1, 0.15) is 57.1 Å². The van der Waals surface area contributed by atoms with E-state index in [1.807, 2.05) is 81.5 Å². The Hall–Kier alpha value is -3.41. The average molecular weight is 448 g/mol. The maximum atomic E-state index is 12.5. The zero-order valence-electron chi connectivity index (χ0n) is 19.6. The van der Waals surface area contributed by atoms with Crippen LogP contribution in [0.15, 0.2) is 66.4 Å². The van der Waals surface area contributed by atoms with Crippen LogP contribution in [-0.4, -0.2) is 35.6 Å². The molecule has 0 saturated carbocycles. The van der Waals surface area contributed by atoms with Crippen LogP contribution in [0.2, 0.25) is 0 Å². The number of allylic oxidation sites excluding steroid dienone is 2. The highest BCUT2D eigenvalue weighted by atomic mass is 16.6. The quantitative estimate of drug-likeness (QED) is 0.424. The highest BCUT2D eigenvalue weighted by Gasteiger charge is 2.23. The highest BCUT2D eigenvalue weighted by Crippen LogP contribution is 2.31. The molecule has 0 aliphatic heterocycles. The van der Waals surface area contributed by atoms with Gasteiger partial charge in [-0.15, -0.1) is 0 Å². The van der Waals surface area contributed by atoms with E-state index in [-0.39, 0.29) is 30.6 Å². The van der Waals surface area contributed by atoms with Crippen LogP contribution < -0.4 is 10.6 Å². The molecule has 174 valence electrons. The maximum absolute atomic E-state index is 12.5. The third-order valence-corrected chi connectivity index (χ3v) is 5.11. The van der Waals surface area contributed by atoms with E-state index in [0.29, 0.717) is 6.54 Å². The molecule has 1 heterocycles. The number of anilines is 1. The van der Waals surface area contributed by atoms with Crippen molar-refractivity contribution in [1.82, 2.24) is 10.3 Å². The lowest BCUT2D eigenvalue weighted by Crippen LogP contribution is -2.26. The van der Waals surface area contributed by atoms with Gasteiger partial charge in [-0.1, -0.05) is 48.6 Å². The van der Waals surface area contributed by atoms with Gasteiger partial charge in [0.1, 0.15) is 11.4 Å². The highest BCUT2D eigenvalue weighted by molar-refractivity contribution is 5.80. The molecule has 1 aromatic heterocycles. The van der Waals surface area contributed by atoms with Gasteiger partial charge in [0.05, 0.1) is 12.8 Å².